The van der Waals surface area contributed by atoms with Gasteiger partial charge >= 0.3 is 0 Å². The predicted molar refractivity (Wildman–Crippen MR) is 136 cm³/mol. The standard InChI is InChI=1S/C27H37N3O5/c1-4-20(5-2)25(30-13-15-34-16-14-30)18-28-27(32)21-9-11-23(12-10-21)35-19-26(31)29-22-7-6-8-24(17-22)33-3/h6-12,17,20,25H,4-5,13-16,18-19H2,1-3H3,(H,28,32)(H,29,31). The fraction of sp³-hybridized carbons (Fsp3) is 0.481. The minimum atomic E-state index is -0.282. The number of ether oxygens (including phenoxy) is 3. The van der Waals surface area contributed by atoms with Crippen LogP contribution in [0.1, 0.15) is 37.0 Å². The molecule has 2 N–H and O–H groups in total. The lowest BCUT2D eigenvalue weighted by Crippen LogP contribution is -2.52. The van der Waals surface area contributed by atoms with Gasteiger partial charge in [0.25, 0.3) is 11.8 Å². The van der Waals surface area contributed by atoms with E-state index in [-0.39, 0.29) is 18.4 Å². The predicted octanol–water partition coefficient (Wildman–Crippen LogP) is 3.58. The molecule has 0 radical (unpaired) electrons. The number of morpholine rings is 1. The van der Waals surface area contributed by atoms with Crippen LogP contribution in [0.2, 0.25) is 0 Å². The lowest BCUT2D eigenvalue weighted by atomic mass is 9.92. The molecule has 1 atom stereocenters. The maximum absolute atomic E-state index is 12.8. The average molecular weight is 484 g/mol. The molecule has 0 saturated carbocycles. The Morgan fingerprint density at radius 2 is 1.74 bits per heavy atom. The molecule has 8 heteroatoms. The van der Waals surface area contributed by atoms with Crippen molar-refractivity contribution in [3.05, 3.63) is 54.1 Å². The van der Waals surface area contributed by atoms with E-state index in [0.717, 1.165) is 39.1 Å². The lowest BCUT2D eigenvalue weighted by Gasteiger charge is -2.38. The van der Waals surface area contributed by atoms with Gasteiger partial charge in [0.1, 0.15) is 11.5 Å². The fourth-order valence-corrected chi connectivity index (χ4v) is 4.38. The number of hydrogen-bond acceptors (Lipinski definition) is 6. The number of benzene rings is 2. The number of anilines is 1. The van der Waals surface area contributed by atoms with Crippen LogP contribution in [-0.2, 0) is 9.53 Å². The molecule has 2 amide bonds. The number of rotatable bonds is 12. The Hall–Kier alpha value is -3.10. The first-order valence-electron chi connectivity index (χ1n) is 12.3. The zero-order valence-electron chi connectivity index (χ0n) is 20.9. The topological polar surface area (TPSA) is 89.1 Å². The van der Waals surface area contributed by atoms with E-state index in [4.69, 9.17) is 14.2 Å². The second kappa shape index (κ2) is 13.7. The summed E-state index contributed by atoms with van der Waals surface area (Å²) >= 11 is 0. The molecule has 1 aliphatic rings. The molecule has 3 rings (SSSR count). The number of carbonyl (C=O) groups is 2. The molecular formula is C27H37N3O5. The quantitative estimate of drug-likeness (QED) is 0.480. The highest BCUT2D eigenvalue weighted by Gasteiger charge is 2.27. The van der Waals surface area contributed by atoms with Crippen molar-refractivity contribution in [2.75, 3.05) is 51.9 Å². The maximum atomic E-state index is 12.8. The SMILES string of the molecule is CCC(CC)C(CNC(=O)c1ccc(OCC(=O)Nc2cccc(OC)c2)cc1)N1CCOCC1. The van der Waals surface area contributed by atoms with Gasteiger partial charge in [-0.05, 0) is 42.3 Å². The number of carbonyl (C=O) groups excluding carboxylic acids is 2. The molecule has 0 aliphatic carbocycles. The van der Waals surface area contributed by atoms with Crippen LogP contribution in [0.25, 0.3) is 0 Å². The zero-order valence-corrected chi connectivity index (χ0v) is 20.9. The summed E-state index contributed by atoms with van der Waals surface area (Å²) in [6, 6.07) is 14.2. The number of nitrogens with one attached hydrogen (secondary N) is 2. The van der Waals surface area contributed by atoms with E-state index in [2.05, 4.69) is 29.4 Å². The molecule has 8 nitrogen and oxygen atoms in total. The molecule has 1 fully saturated rings. The van der Waals surface area contributed by atoms with Crippen LogP contribution in [0.15, 0.2) is 48.5 Å². The van der Waals surface area contributed by atoms with E-state index < -0.39 is 0 Å². The molecule has 190 valence electrons. The molecule has 1 aliphatic heterocycles. The van der Waals surface area contributed by atoms with Gasteiger partial charge in [-0.3, -0.25) is 14.5 Å². The highest BCUT2D eigenvalue weighted by molar-refractivity contribution is 5.94. The third-order valence-electron chi connectivity index (χ3n) is 6.42. The smallest absolute Gasteiger partial charge is 0.262 e. The highest BCUT2D eigenvalue weighted by atomic mass is 16.5. The largest absolute Gasteiger partial charge is 0.497 e. The number of amides is 2. The van der Waals surface area contributed by atoms with Crippen molar-refractivity contribution >= 4 is 17.5 Å². The zero-order chi connectivity index (χ0) is 25.0. The Morgan fingerprint density at radius 3 is 2.40 bits per heavy atom. The lowest BCUT2D eigenvalue weighted by molar-refractivity contribution is -0.118. The van der Waals surface area contributed by atoms with Crippen LogP contribution in [0.5, 0.6) is 11.5 Å². The molecule has 1 heterocycles. The van der Waals surface area contributed by atoms with Gasteiger partial charge in [-0.2, -0.15) is 0 Å². The molecule has 0 aromatic heterocycles. The van der Waals surface area contributed by atoms with Crippen molar-refractivity contribution in [1.29, 1.82) is 0 Å². The Bertz CT molecular complexity index is 940. The average Bonchev–Trinajstić information content (AvgIpc) is 2.90. The molecular weight excluding hydrogens is 446 g/mol. The Morgan fingerprint density at radius 1 is 1.03 bits per heavy atom. The normalized spacial score (nSPS) is 14.9. The molecule has 2 aromatic carbocycles. The molecule has 2 aromatic rings. The first-order valence-corrected chi connectivity index (χ1v) is 12.3. The molecule has 0 spiro atoms. The van der Waals surface area contributed by atoms with E-state index in [1.54, 1.807) is 55.6 Å². The van der Waals surface area contributed by atoms with E-state index >= 15 is 0 Å². The van der Waals surface area contributed by atoms with Crippen LogP contribution in [-0.4, -0.2) is 69.3 Å². The van der Waals surface area contributed by atoms with Crippen molar-refractivity contribution in [1.82, 2.24) is 10.2 Å². The van der Waals surface area contributed by atoms with Crippen molar-refractivity contribution in [2.45, 2.75) is 32.7 Å². The summed E-state index contributed by atoms with van der Waals surface area (Å²) in [5.74, 6) is 1.30. The number of methoxy groups -OCH3 is 1. The van der Waals surface area contributed by atoms with Gasteiger partial charge in [0.05, 0.1) is 20.3 Å². The van der Waals surface area contributed by atoms with Crippen LogP contribution in [0, 0.1) is 5.92 Å². The maximum Gasteiger partial charge on any atom is 0.262 e. The van der Waals surface area contributed by atoms with E-state index in [0.29, 0.717) is 41.3 Å². The minimum Gasteiger partial charge on any atom is -0.497 e. The molecule has 35 heavy (non-hydrogen) atoms. The van der Waals surface area contributed by atoms with Gasteiger partial charge in [0.15, 0.2) is 6.61 Å². The van der Waals surface area contributed by atoms with Crippen LogP contribution < -0.4 is 20.1 Å². The summed E-state index contributed by atoms with van der Waals surface area (Å²) in [5, 5.41) is 5.88. The second-order valence-corrected chi connectivity index (χ2v) is 8.60. The summed E-state index contributed by atoms with van der Waals surface area (Å²) in [6.45, 7) is 8.15. The van der Waals surface area contributed by atoms with Crippen molar-refractivity contribution in [3.8, 4) is 11.5 Å². The summed E-state index contributed by atoms with van der Waals surface area (Å²) in [7, 11) is 1.57. The van der Waals surface area contributed by atoms with Gasteiger partial charge in [-0.15, -0.1) is 0 Å². The third-order valence-corrected chi connectivity index (χ3v) is 6.42. The van der Waals surface area contributed by atoms with E-state index in [9.17, 15) is 9.59 Å². The summed E-state index contributed by atoms with van der Waals surface area (Å²) in [6.07, 6.45) is 2.15. The summed E-state index contributed by atoms with van der Waals surface area (Å²) < 4.78 is 16.2. The molecule has 0 bridgehead atoms. The summed E-state index contributed by atoms with van der Waals surface area (Å²) in [5.41, 5.74) is 1.19. The number of hydrogen-bond donors (Lipinski definition) is 2. The van der Waals surface area contributed by atoms with Crippen molar-refractivity contribution in [2.24, 2.45) is 5.92 Å². The second-order valence-electron chi connectivity index (χ2n) is 8.60. The van der Waals surface area contributed by atoms with Crippen molar-refractivity contribution in [3.63, 3.8) is 0 Å². The fourth-order valence-electron chi connectivity index (χ4n) is 4.38. The summed E-state index contributed by atoms with van der Waals surface area (Å²) in [4.78, 5) is 27.4. The van der Waals surface area contributed by atoms with E-state index in [1.165, 1.54) is 0 Å². The van der Waals surface area contributed by atoms with Gasteiger partial charge < -0.3 is 24.8 Å². The molecule has 1 saturated heterocycles. The van der Waals surface area contributed by atoms with E-state index in [1.807, 2.05) is 0 Å². The van der Waals surface area contributed by atoms with Crippen LogP contribution in [0.3, 0.4) is 0 Å². The first-order chi connectivity index (χ1) is 17.0. The third kappa shape index (κ3) is 7.97. The minimum absolute atomic E-state index is 0.114. The van der Waals surface area contributed by atoms with Gasteiger partial charge in [0.2, 0.25) is 0 Å². The monoisotopic (exact) mass is 483 g/mol. The first kappa shape index (κ1) is 26.5. The van der Waals surface area contributed by atoms with Crippen LogP contribution >= 0.6 is 0 Å². The Kier molecular flexibility index (Phi) is 10.4. The highest BCUT2D eigenvalue weighted by Crippen LogP contribution is 2.20. The van der Waals surface area contributed by atoms with Crippen molar-refractivity contribution < 1.29 is 23.8 Å². The van der Waals surface area contributed by atoms with Crippen LogP contribution in [0.4, 0.5) is 5.69 Å². The van der Waals surface area contributed by atoms with Gasteiger partial charge in [0, 0.05) is 43.0 Å². The number of nitrogens with zero attached hydrogens (tertiary/aromatic N) is 1. The van der Waals surface area contributed by atoms with Gasteiger partial charge in [-0.1, -0.05) is 32.8 Å². The molecule has 1 unspecified atom stereocenters. The Balaban J connectivity index is 1.49. The van der Waals surface area contributed by atoms with Gasteiger partial charge in [-0.25, -0.2) is 0 Å². The Labute approximate surface area is 207 Å².